The quantitative estimate of drug-likeness (QED) is 0.0556. The van der Waals surface area contributed by atoms with Gasteiger partial charge in [0, 0.05) is 60.3 Å². The van der Waals surface area contributed by atoms with Gasteiger partial charge < -0.3 is 19.0 Å². The molecule has 11 nitrogen and oxygen atoms in total. The molecule has 3 aliphatic heterocycles. The minimum atomic E-state index is -4.66. The molecular formula is C51H52FN3O8S. The van der Waals surface area contributed by atoms with Crippen LogP contribution in [0.3, 0.4) is 0 Å². The number of benzene rings is 4. The number of allylic oxidation sites excluding steroid dienone is 7. The van der Waals surface area contributed by atoms with Crippen molar-refractivity contribution >= 4 is 55.8 Å². The third-order valence-electron chi connectivity index (χ3n) is 12.9. The van der Waals surface area contributed by atoms with Crippen molar-refractivity contribution in [2.45, 2.75) is 101 Å². The maximum absolute atomic E-state index is 14.8. The average Bonchev–Trinajstić information content (AvgIpc) is 3.76. The van der Waals surface area contributed by atoms with Crippen molar-refractivity contribution in [3.8, 4) is 5.75 Å². The van der Waals surface area contributed by atoms with Gasteiger partial charge in [-0.25, -0.2) is 17.6 Å². The molecule has 4 aromatic carbocycles. The third kappa shape index (κ3) is 8.58. The van der Waals surface area contributed by atoms with Crippen LogP contribution in [0.2, 0.25) is 0 Å². The number of halogens is 1. The summed E-state index contributed by atoms with van der Waals surface area (Å²) in [5, 5.41) is 2.97. The van der Waals surface area contributed by atoms with Crippen LogP contribution in [0.25, 0.3) is 10.8 Å². The molecule has 4 aromatic rings. The summed E-state index contributed by atoms with van der Waals surface area (Å²) >= 11 is 0. The number of unbranched alkanes of at least 4 members (excludes halogenated alkanes) is 2. The van der Waals surface area contributed by atoms with E-state index < -0.39 is 33.3 Å². The van der Waals surface area contributed by atoms with Crippen LogP contribution < -0.4 is 9.64 Å². The lowest BCUT2D eigenvalue weighted by atomic mass is 9.78. The van der Waals surface area contributed by atoms with Gasteiger partial charge in [-0.3, -0.25) is 9.59 Å². The van der Waals surface area contributed by atoms with E-state index in [1.54, 1.807) is 12.1 Å². The first kappa shape index (κ1) is 44.4. The van der Waals surface area contributed by atoms with Crippen molar-refractivity contribution in [3.05, 3.63) is 143 Å². The summed E-state index contributed by atoms with van der Waals surface area (Å²) in [6, 6.07) is 23.1. The fourth-order valence-corrected chi connectivity index (χ4v) is 10.1. The zero-order valence-electron chi connectivity index (χ0n) is 36.8. The van der Waals surface area contributed by atoms with Crippen LogP contribution in [0, 0.1) is 5.82 Å². The predicted molar refractivity (Wildman–Crippen MR) is 241 cm³/mol. The number of imide groups is 1. The minimum Gasteiger partial charge on any atom is -0.744 e. The number of hydroxylamine groups is 2. The van der Waals surface area contributed by atoms with Crippen LogP contribution in [0.1, 0.15) is 96.6 Å². The molecule has 0 aromatic heterocycles. The van der Waals surface area contributed by atoms with Gasteiger partial charge in [0.05, 0.1) is 10.3 Å². The number of rotatable bonds is 13. The molecule has 2 amide bonds. The van der Waals surface area contributed by atoms with E-state index in [9.17, 15) is 31.7 Å². The fourth-order valence-electron chi connectivity index (χ4n) is 9.61. The Morgan fingerprint density at radius 2 is 1.59 bits per heavy atom. The third-order valence-corrected chi connectivity index (χ3v) is 13.8. The van der Waals surface area contributed by atoms with Gasteiger partial charge >= 0.3 is 5.97 Å². The number of ether oxygens (including phenoxy) is 1. The minimum absolute atomic E-state index is 0.0358. The van der Waals surface area contributed by atoms with E-state index in [-0.39, 0.29) is 35.4 Å². The summed E-state index contributed by atoms with van der Waals surface area (Å²) in [5.41, 5.74) is 7.21. The molecule has 3 heterocycles. The number of hydrogen-bond acceptors (Lipinski definition) is 9. The van der Waals surface area contributed by atoms with E-state index in [0.717, 1.165) is 52.3 Å². The summed E-state index contributed by atoms with van der Waals surface area (Å²) in [5.74, 6) is -0.970. The fraction of sp³-hybridized carbons (Fsp3) is 0.333. The highest BCUT2D eigenvalue weighted by Crippen LogP contribution is 2.49. The van der Waals surface area contributed by atoms with Gasteiger partial charge in [0.25, 0.3) is 11.8 Å². The number of anilines is 1. The second-order valence-electron chi connectivity index (χ2n) is 17.9. The van der Waals surface area contributed by atoms with E-state index in [1.807, 2.05) is 0 Å². The largest absolute Gasteiger partial charge is 0.744 e. The molecule has 13 heteroatoms. The summed E-state index contributed by atoms with van der Waals surface area (Å²) in [4.78, 5) is 43.1. The van der Waals surface area contributed by atoms with Crippen molar-refractivity contribution in [2.75, 3.05) is 18.5 Å². The normalized spacial score (nSPS) is 19.5. The number of nitrogens with zero attached hydrogens (tertiary/aromatic N) is 3. The van der Waals surface area contributed by atoms with Crippen LogP contribution in [-0.4, -0.2) is 59.7 Å². The topological polar surface area (TPSA) is 136 Å². The molecule has 0 N–H and O–H groups in total. The molecular weight excluding hydrogens is 834 g/mol. The first-order valence-corrected chi connectivity index (χ1v) is 23.2. The van der Waals surface area contributed by atoms with Gasteiger partial charge in [0.15, 0.2) is 5.71 Å². The molecule has 1 saturated heterocycles. The number of carbonyl (C=O) groups excluding carboxylic acids is 3. The van der Waals surface area contributed by atoms with Gasteiger partial charge in [0.2, 0.25) is 5.69 Å². The Hall–Kier alpha value is -6.18. The lowest BCUT2D eigenvalue weighted by Gasteiger charge is -2.27. The smallest absolute Gasteiger partial charge is 0.333 e. The highest BCUT2D eigenvalue weighted by molar-refractivity contribution is 7.85. The number of amides is 2. The molecule has 332 valence electrons. The zero-order chi connectivity index (χ0) is 45.6. The number of fused-ring (bicyclic) bond motifs is 4. The Kier molecular flexibility index (Phi) is 12.1. The Morgan fingerprint density at radius 3 is 2.33 bits per heavy atom. The molecule has 0 radical (unpaired) electrons. The van der Waals surface area contributed by atoms with E-state index >= 15 is 0 Å². The van der Waals surface area contributed by atoms with Gasteiger partial charge in [-0.05, 0) is 134 Å². The Bertz CT molecular complexity index is 2840. The zero-order valence-corrected chi connectivity index (χ0v) is 37.6. The summed E-state index contributed by atoms with van der Waals surface area (Å²) < 4.78 is 59.1. The Balaban J connectivity index is 1.11. The molecule has 0 spiro atoms. The Morgan fingerprint density at radius 1 is 0.859 bits per heavy atom. The van der Waals surface area contributed by atoms with Crippen LogP contribution in [0.15, 0.2) is 131 Å². The monoisotopic (exact) mass is 885 g/mol. The second-order valence-corrected chi connectivity index (χ2v) is 19.2. The first-order chi connectivity index (χ1) is 30.4. The van der Waals surface area contributed by atoms with Crippen molar-refractivity contribution in [1.29, 1.82) is 0 Å². The Labute approximate surface area is 373 Å². The second kappa shape index (κ2) is 17.4. The highest BCUT2D eigenvalue weighted by atomic mass is 32.2. The maximum Gasteiger partial charge on any atom is 0.333 e. The molecule has 0 unspecified atom stereocenters. The van der Waals surface area contributed by atoms with Crippen LogP contribution in [0.4, 0.5) is 15.8 Å². The van der Waals surface area contributed by atoms with Crippen LogP contribution in [-0.2, 0) is 40.2 Å². The molecule has 4 aliphatic rings. The van der Waals surface area contributed by atoms with Crippen molar-refractivity contribution in [2.24, 2.45) is 0 Å². The van der Waals surface area contributed by atoms with Gasteiger partial charge in [-0.2, -0.15) is 4.58 Å². The first-order valence-electron chi connectivity index (χ1n) is 21.8. The molecule has 1 aliphatic carbocycles. The van der Waals surface area contributed by atoms with Gasteiger partial charge in [-0.1, -0.05) is 50.6 Å². The van der Waals surface area contributed by atoms with E-state index in [4.69, 9.17) is 9.57 Å². The highest BCUT2D eigenvalue weighted by Gasteiger charge is 2.44. The SMILES string of the molecule is C[N+]1=C(/C=C/C2=C(Oc3ccc(S(=O)(=O)[O-])cc3)C(=C/C=C3/N(CCCCCC(=O)ON4C(=O)CCC4=O)c4ccc(F)cc4C3(C)C)/CCC2)C(C)(C)c2c1ccc1ccccc21. The predicted octanol–water partition coefficient (Wildman–Crippen LogP) is 9.74. The molecule has 1 fully saturated rings. The van der Waals surface area contributed by atoms with E-state index in [2.05, 4.69) is 105 Å². The van der Waals surface area contributed by atoms with Crippen molar-refractivity contribution in [1.82, 2.24) is 5.06 Å². The standard InChI is InChI=1S/C51H52FN3O8S/c1-50(2)40-32-36(52)20-26-41(40)54(31-10-6-7-16-47(58)63-55-45(56)29-30-46(55)57)44(50)28-19-35-14-11-13-34(49(35)62-37-21-23-38(24-22-37)64(59,60)61)18-27-43-51(3,4)48-39-15-9-8-12-33(39)17-25-42(48)53(43)5/h8-9,12,15,17-28,32H,6-7,10-11,13-14,16,29-31H2,1-5H3. The number of hydrogen-bond donors (Lipinski definition) is 0. The molecule has 0 saturated carbocycles. The molecule has 0 bridgehead atoms. The van der Waals surface area contributed by atoms with Crippen LogP contribution >= 0.6 is 0 Å². The lowest BCUT2D eigenvalue weighted by molar-refractivity contribution is -0.401. The summed E-state index contributed by atoms with van der Waals surface area (Å²) in [6.45, 7) is 9.20. The van der Waals surface area contributed by atoms with Crippen molar-refractivity contribution < 1.29 is 45.9 Å². The average molecular weight is 886 g/mol. The van der Waals surface area contributed by atoms with Gasteiger partial charge in [0.1, 0.15) is 34.5 Å². The molecule has 64 heavy (non-hydrogen) atoms. The van der Waals surface area contributed by atoms with E-state index in [1.165, 1.54) is 46.7 Å². The lowest BCUT2D eigenvalue weighted by Crippen LogP contribution is -2.32. The summed E-state index contributed by atoms with van der Waals surface area (Å²) in [6.07, 6.45) is 12.6. The number of carbonyl (C=O) groups is 3. The summed E-state index contributed by atoms with van der Waals surface area (Å²) in [7, 11) is -2.57. The van der Waals surface area contributed by atoms with Crippen LogP contribution in [0.5, 0.6) is 5.75 Å². The molecule has 8 rings (SSSR count). The molecule has 0 atom stereocenters. The van der Waals surface area contributed by atoms with Crippen molar-refractivity contribution in [3.63, 3.8) is 0 Å². The van der Waals surface area contributed by atoms with E-state index in [0.29, 0.717) is 48.8 Å². The van der Waals surface area contributed by atoms with Gasteiger partial charge in [-0.15, -0.1) is 5.06 Å². The maximum atomic E-state index is 14.8.